The maximum Gasteiger partial charge on any atom is 0.338 e. The van der Waals surface area contributed by atoms with Gasteiger partial charge >= 0.3 is 5.97 Å². The van der Waals surface area contributed by atoms with Gasteiger partial charge in [-0.15, -0.1) is 0 Å². The van der Waals surface area contributed by atoms with Crippen LogP contribution in [0.4, 0.5) is 0 Å². The molecule has 0 saturated carbocycles. The average Bonchev–Trinajstić information content (AvgIpc) is 3.22. The van der Waals surface area contributed by atoms with E-state index >= 15 is 0 Å². The first-order valence-corrected chi connectivity index (χ1v) is 8.17. The van der Waals surface area contributed by atoms with Gasteiger partial charge in [0.25, 0.3) is 0 Å². The van der Waals surface area contributed by atoms with Crippen LogP contribution in [-0.4, -0.2) is 30.0 Å². The number of carbonyl (C=O) groups excluding carboxylic acids is 1. The van der Waals surface area contributed by atoms with Crippen LogP contribution < -0.4 is 4.74 Å². The van der Waals surface area contributed by atoms with Gasteiger partial charge in [-0.3, -0.25) is 0 Å². The van der Waals surface area contributed by atoms with Crippen molar-refractivity contribution in [3.63, 3.8) is 0 Å². The van der Waals surface area contributed by atoms with Crippen LogP contribution in [0.25, 0.3) is 11.8 Å². The molecule has 0 unspecified atom stereocenters. The van der Waals surface area contributed by atoms with Crippen molar-refractivity contribution in [1.82, 2.24) is 9.78 Å². The summed E-state index contributed by atoms with van der Waals surface area (Å²) in [5.41, 5.74) is 4.16. The highest BCUT2D eigenvalue weighted by Gasteiger charge is 2.15. The number of benzene rings is 2. The van der Waals surface area contributed by atoms with Gasteiger partial charge in [0.15, 0.2) is 0 Å². The Morgan fingerprint density at radius 1 is 1.23 bits per heavy atom. The first-order chi connectivity index (χ1) is 12.7. The third-order valence-electron chi connectivity index (χ3n) is 4.18. The minimum Gasteiger partial charge on any atom is -0.496 e. The minimum absolute atomic E-state index is 0.391. The summed E-state index contributed by atoms with van der Waals surface area (Å²) in [5.74, 6) is 0.321. The zero-order chi connectivity index (χ0) is 18.5. The molecule has 132 valence electrons. The summed E-state index contributed by atoms with van der Waals surface area (Å²) in [5, 5.41) is 4.22. The zero-order valence-electron chi connectivity index (χ0n) is 14.8. The Labute approximate surface area is 152 Å². The average molecular weight is 348 g/mol. The van der Waals surface area contributed by atoms with Crippen LogP contribution in [0.2, 0.25) is 0 Å². The molecule has 2 aromatic carbocycles. The summed E-state index contributed by atoms with van der Waals surface area (Å²) < 4.78 is 12.2. The molecule has 0 bridgehead atoms. The van der Waals surface area contributed by atoms with Gasteiger partial charge in [0.05, 0.1) is 25.5 Å². The summed E-state index contributed by atoms with van der Waals surface area (Å²) in [4.78, 5) is 12.1. The van der Waals surface area contributed by atoms with E-state index in [-0.39, 0.29) is 0 Å². The lowest BCUT2D eigenvalue weighted by molar-refractivity contribution is 0.0600. The molecular formula is C21H20N2O3. The van der Waals surface area contributed by atoms with E-state index in [0.29, 0.717) is 23.3 Å². The van der Waals surface area contributed by atoms with Gasteiger partial charge in [-0.1, -0.05) is 24.8 Å². The Hall–Kier alpha value is -3.34. The fraction of sp³-hybridized carbons (Fsp3) is 0.143. The fourth-order valence-corrected chi connectivity index (χ4v) is 2.83. The summed E-state index contributed by atoms with van der Waals surface area (Å²) >= 11 is 0. The standard InChI is InChI=1S/C21H20N2O3/c1-4-16-14-20(25-2)17(13-19(16)21(24)26-3)12-15-6-8-18(9-7-15)23-11-5-10-22-23/h4-11,13-14H,1,12H2,2-3H3. The number of carbonyl (C=O) groups is 1. The lowest BCUT2D eigenvalue weighted by Crippen LogP contribution is -2.06. The molecular weight excluding hydrogens is 328 g/mol. The van der Waals surface area contributed by atoms with Crippen molar-refractivity contribution >= 4 is 12.0 Å². The van der Waals surface area contributed by atoms with E-state index in [1.165, 1.54) is 7.11 Å². The molecule has 3 aromatic rings. The predicted octanol–water partition coefficient (Wildman–Crippen LogP) is 3.90. The van der Waals surface area contributed by atoms with Gasteiger partial charge in [0, 0.05) is 18.8 Å². The Bertz CT molecular complexity index is 913. The van der Waals surface area contributed by atoms with E-state index < -0.39 is 5.97 Å². The van der Waals surface area contributed by atoms with Crippen molar-refractivity contribution in [3.8, 4) is 11.4 Å². The molecule has 0 aliphatic rings. The smallest absolute Gasteiger partial charge is 0.338 e. The molecule has 0 saturated heterocycles. The molecule has 0 radical (unpaired) electrons. The Kier molecular flexibility index (Phi) is 5.17. The normalized spacial score (nSPS) is 10.4. The third kappa shape index (κ3) is 3.52. The van der Waals surface area contributed by atoms with Crippen LogP contribution in [-0.2, 0) is 11.2 Å². The number of hydrogen-bond acceptors (Lipinski definition) is 4. The highest BCUT2D eigenvalue weighted by Crippen LogP contribution is 2.27. The highest BCUT2D eigenvalue weighted by atomic mass is 16.5. The van der Waals surface area contributed by atoms with Gasteiger partial charge in [-0.25, -0.2) is 9.48 Å². The summed E-state index contributed by atoms with van der Waals surface area (Å²) in [6.07, 6.45) is 5.89. The van der Waals surface area contributed by atoms with Crippen LogP contribution in [0.15, 0.2) is 61.4 Å². The van der Waals surface area contributed by atoms with Crippen molar-refractivity contribution < 1.29 is 14.3 Å². The SMILES string of the molecule is C=Cc1cc(OC)c(Cc2ccc(-n3cccn3)cc2)cc1C(=O)OC. The molecule has 0 aliphatic carbocycles. The number of rotatable bonds is 6. The molecule has 5 nitrogen and oxygen atoms in total. The molecule has 0 atom stereocenters. The molecule has 3 rings (SSSR count). The number of aromatic nitrogens is 2. The maximum atomic E-state index is 12.1. The summed E-state index contributed by atoms with van der Waals surface area (Å²) in [6, 6.07) is 13.6. The first kappa shape index (κ1) is 17.5. The zero-order valence-corrected chi connectivity index (χ0v) is 14.8. The van der Waals surface area contributed by atoms with E-state index in [1.54, 1.807) is 24.1 Å². The third-order valence-corrected chi connectivity index (χ3v) is 4.18. The summed E-state index contributed by atoms with van der Waals surface area (Å²) in [7, 11) is 2.98. The van der Waals surface area contributed by atoms with Crippen molar-refractivity contribution in [3.05, 3.63) is 83.7 Å². The minimum atomic E-state index is -0.391. The van der Waals surface area contributed by atoms with Crippen LogP contribution >= 0.6 is 0 Å². The number of ether oxygens (including phenoxy) is 2. The van der Waals surface area contributed by atoms with E-state index in [9.17, 15) is 4.79 Å². The van der Waals surface area contributed by atoms with Gasteiger partial charge in [0.2, 0.25) is 0 Å². The molecule has 1 aromatic heterocycles. The quantitative estimate of drug-likeness (QED) is 0.634. The second-order valence-electron chi connectivity index (χ2n) is 5.74. The van der Waals surface area contributed by atoms with Crippen molar-refractivity contribution in [2.45, 2.75) is 6.42 Å². The fourth-order valence-electron chi connectivity index (χ4n) is 2.83. The summed E-state index contributed by atoms with van der Waals surface area (Å²) in [6.45, 7) is 3.76. The van der Waals surface area contributed by atoms with Crippen molar-refractivity contribution in [2.24, 2.45) is 0 Å². The van der Waals surface area contributed by atoms with Crippen molar-refractivity contribution in [1.29, 1.82) is 0 Å². The predicted molar refractivity (Wildman–Crippen MR) is 101 cm³/mol. The number of esters is 1. The Balaban J connectivity index is 1.93. The molecule has 26 heavy (non-hydrogen) atoms. The van der Waals surface area contributed by atoms with Crippen LogP contribution in [0, 0.1) is 0 Å². The number of nitrogens with zero attached hydrogens (tertiary/aromatic N) is 2. The van der Waals surface area contributed by atoms with Gasteiger partial charge in [0.1, 0.15) is 5.75 Å². The Morgan fingerprint density at radius 2 is 2.00 bits per heavy atom. The molecule has 0 spiro atoms. The molecule has 5 heteroatoms. The molecule has 0 fully saturated rings. The van der Waals surface area contributed by atoms with Crippen molar-refractivity contribution in [2.75, 3.05) is 14.2 Å². The lowest BCUT2D eigenvalue weighted by atomic mass is 9.97. The second kappa shape index (κ2) is 7.70. The molecule has 1 heterocycles. The van der Waals surface area contributed by atoms with Crippen LogP contribution in [0.3, 0.4) is 0 Å². The highest BCUT2D eigenvalue weighted by molar-refractivity contribution is 5.94. The van der Waals surface area contributed by atoms with Gasteiger partial charge in [-0.05, 0) is 47.0 Å². The monoisotopic (exact) mass is 348 g/mol. The largest absolute Gasteiger partial charge is 0.496 e. The second-order valence-corrected chi connectivity index (χ2v) is 5.74. The van der Waals surface area contributed by atoms with E-state index in [2.05, 4.69) is 11.7 Å². The van der Waals surface area contributed by atoms with E-state index in [4.69, 9.17) is 9.47 Å². The molecule has 0 N–H and O–H groups in total. The number of methoxy groups -OCH3 is 2. The number of hydrogen-bond donors (Lipinski definition) is 0. The van der Waals surface area contributed by atoms with E-state index in [1.807, 2.05) is 48.7 Å². The maximum absolute atomic E-state index is 12.1. The van der Waals surface area contributed by atoms with Crippen LogP contribution in [0.1, 0.15) is 27.0 Å². The Morgan fingerprint density at radius 3 is 2.58 bits per heavy atom. The van der Waals surface area contributed by atoms with Crippen LogP contribution in [0.5, 0.6) is 5.75 Å². The molecule has 0 amide bonds. The van der Waals surface area contributed by atoms with E-state index in [0.717, 1.165) is 16.8 Å². The first-order valence-electron chi connectivity index (χ1n) is 8.17. The lowest BCUT2D eigenvalue weighted by Gasteiger charge is -2.13. The molecule has 0 aliphatic heterocycles. The van der Waals surface area contributed by atoms with Gasteiger partial charge < -0.3 is 9.47 Å². The van der Waals surface area contributed by atoms with Gasteiger partial charge in [-0.2, -0.15) is 5.10 Å². The topological polar surface area (TPSA) is 53.4 Å².